The molecule has 3 aromatic heterocycles. The number of rotatable bonds is 6. The van der Waals surface area contributed by atoms with Gasteiger partial charge in [-0.3, -0.25) is 4.79 Å². The molecule has 158 valence electrons. The molecule has 2 N–H and O–H groups in total. The minimum Gasteiger partial charge on any atom is -0.361 e. The Balaban J connectivity index is 1.16. The zero-order chi connectivity index (χ0) is 21.0. The van der Waals surface area contributed by atoms with Gasteiger partial charge in [0.25, 0.3) is 0 Å². The van der Waals surface area contributed by atoms with Crippen LogP contribution in [0.1, 0.15) is 18.4 Å². The number of hydrogen-bond acceptors (Lipinski definition) is 6. The first-order valence-electron chi connectivity index (χ1n) is 10.5. The Morgan fingerprint density at radius 1 is 1.16 bits per heavy atom. The van der Waals surface area contributed by atoms with E-state index in [0.29, 0.717) is 18.9 Å². The monoisotopic (exact) mass is 416 g/mol. The number of fused-ring (bicyclic) bond motifs is 1. The summed E-state index contributed by atoms with van der Waals surface area (Å²) in [4.78, 5) is 22.1. The molecule has 1 aromatic carbocycles. The summed E-state index contributed by atoms with van der Waals surface area (Å²) in [7, 11) is 0. The van der Waals surface area contributed by atoms with Gasteiger partial charge in [0.1, 0.15) is 12.7 Å². The third-order valence-electron chi connectivity index (χ3n) is 5.77. The second-order valence-electron chi connectivity index (χ2n) is 7.78. The van der Waals surface area contributed by atoms with Crippen molar-refractivity contribution in [1.29, 1.82) is 0 Å². The van der Waals surface area contributed by atoms with E-state index >= 15 is 0 Å². The summed E-state index contributed by atoms with van der Waals surface area (Å²) < 4.78 is 1.57. The molecule has 1 atom stereocenters. The molecule has 0 aliphatic carbocycles. The predicted octanol–water partition coefficient (Wildman–Crippen LogP) is 2.11. The number of nitrogens with one attached hydrogen (secondary N) is 2. The topological polar surface area (TPSA) is 105 Å². The number of aromatic amines is 1. The van der Waals surface area contributed by atoms with Crippen LogP contribution >= 0.6 is 0 Å². The van der Waals surface area contributed by atoms with Crippen LogP contribution < -0.4 is 10.2 Å². The summed E-state index contributed by atoms with van der Waals surface area (Å²) in [5.74, 6) is 1.45. The Bertz CT molecular complexity index is 1150. The van der Waals surface area contributed by atoms with Crippen LogP contribution in [-0.2, 0) is 11.2 Å². The first-order valence-corrected chi connectivity index (χ1v) is 10.5. The smallest absolute Gasteiger partial charge is 0.224 e. The quantitative estimate of drug-likeness (QED) is 0.499. The van der Waals surface area contributed by atoms with E-state index in [9.17, 15) is 4.79 Å². The van der Waals surface area contributed by atoms with Gasteiger partial charge in [-0.2, -0.15) is 5.10 Å². The molecular weight excluding hydrogens is 392 g/mol. The van der Waals surface area contributed by atoms with Crippen LogP contribution in [0.4, 0.5) is 5.82 Å². The lowest BCUT2D eigenvalue weighted by Crippen LogP contribution is -2.43. The average Bonchev–Trinajstić information content (AvgIpc) is 3.50. The van der Waals surface area contributed by atoms with Crippen molar-refractivity contribution < 1.29 is 4.79 Å². The second kappa shape index (κ2) is 8.55. The highest BCUT2D eigenvalue weighted by Gasteiger charge is 2.26. The molecule has 1 unspecified atom stereocenters. The lowest BCUT2D eigenvalue weighted by molar-refractivity contribution is -0.125. The van der Waals surface area contributed by atoms with E-state index in [1.165, 1.54) is 17.3 Å². The van der Waals surface area contributed by atoms with Gasteiger partial charge < -0.3 is 15.2 Å². The fourth-order valence-corrected chi connectivity index (χ4v) is 4.14. The van der Waals surface area contributed by atoms with Crippen LogP contribution in [0.2, 0.25) is 0 Å². The molecule has 5 rings (SSSR count). The number of nitrogens with zero attached hydrogens (tertiary/aromatic N) is 6. The van der Waals surface area contributed by atoms with E-state index in [2.05, 4.69) is 47.6 Å². The average molecular weight is 416 g/mol. The summed E-state index contributed by atoms with van der Waals surface area (Å²) in [5.41, 5.74) is 2.35. The SMILES string of the molecule is O=C(NCCc1c[nH]c2ccccc12)C1CCCN(c2ccc(-n3cncn3)nn2)C1. The lowest BCUT2D eigenvalue weighted by Gasteiger charge is -2.32. The number of carbonyl (C=O) groups is 1. The maximum absolute atomic E-state index is 12.8. The molecule has 4 heterocycles. The Morgan fingerprint density at radius 2 is 2.03 bits per heavy atom. The van der Waals surface area contributed by atoms with Crippen molar-refractivity contribution in [3.63, 3.8) is 0 Å². The zero-order valence-corrected chi connectivity index (χ0v) is 17.1. The van der Waals surface area contributed by atoms with Crippen molar-refractivity contribution in [3.05, 3.63) is 60.8 Å². The van der Waals surface area contributed by atoms with E-state index in [4.69, 9.17) is 0 Å². The first kappa shape index (κ1) is 19.2. The van der Waals surface area contributed by atoms with Crippen LogP contribution in [0.25, 0.3) is 16.7 Å². The van der Waals surface area contributed by atoms with Crippen LogP contribution in [-0.4, -0.2) is 55.5 Å². The fraction of sp³-hybridized carbons (Fsp3) is 0.318. The molecule has 1 saturated heterocycles. The van der Waals surface area contributed by atoms with Crippen molar-refractivity contribution in [1.82, 2.24) is 35.3 Å². The number of para-hydroxylation sites is 1. The Labute approximate surface area is 179 Å². The van der Waals surface area contributed by atoms with E-state index in [1.807, 2.05) is 30.5 Å². The molecule has 9 nitrogen and oxygen atoms in total. The van der Waals surface area contributed by atoms with Gasteiger partial charge in [-0.1, -0.05) is 18.2 Å². The van der Waals surface area contributed by atoms with Crippen LogP contribution in [0.15, 0.2) is 55.2 Å². The minimum atomic E-state index is -0.0477. The third kappa shape index (κ3) is 4.11. The van der Waals surface area contributed by atoms with Crippen molar-refractivity contribution >= 4 is 22.6 Å². The van der Waals surface area contributed by atoms with E-state index in [0.717, 1.165) is 37.1 Å². The van der Waals surface area contributed by atoms with Crippen LogP contribution in [0.3, 0.4) is 0 Å². The zero-order valence-electron chi connectivity index (χ0n) is 17.1. The molecule has 0 saturated carbocycles. The van der Waals surface area contributed by atoms with Crippen molar-refractivity contribution in [2.75, 3.05) is 24.5 Å². The van der Waals surface area contributed by atoms with Crippen molar-refractivity contribution in [3.8, 4) is 5.82 Å². The Morgan fingerprint density at radius 3 is 2.87 bits per heavy atom. The van der Waals surface area contributed by atoms with Crippen LogP contribution in [0.5, 0.6) is 0 Å². The first-order chi connectivity index (χ1) is 15.3. The molecule has 31 heavy (non-hydrogen) atoms. The number of amides is 1. The fourth-order valence-electron chi connectivity index (χ4n) is 4.14. The summed E-state index contributed by atoms with van der Waals surface area (Å²) in [5, 5.41) is 17.0. The number of anilines is 1. The summed E-state index contributed by atoms with van der Waals surface area (Å²) in [6.45, 7) is 2.15. The van der Waals surface area contributed by atoms with Gasteiger partial charge in [0, 0.05) is 36.7 Å². The maximum atomic E-state index is 12.8. The summed E-state index contributed by atoms with van der Waals surface area (Å²) in [6.07, 6.45) is 7.72. The minimum absolute atomic E-state index is 0.0477. The highest BCUT2D eigenvalue weighted by atomic mass is 16.1. The molecule has 0 spiro atoms. The highest BCUT2D eigenvalue weighted by molar-refractivity contribution is 5.83. The summed E-state index contributed by atoms with van der Waals surface area (Å²) in [6, 6.07) is 12.0. The normalized spacial score (nSPS) is 16.5. The molecule has 0 bridgehead atoms. The largest absolute Gasteiger partial charge is 0.361 e. The molecule has 0 radical (unpaired) electrons. The van der Waals surface area contributed by atoms with E-state index in [-0.39, 0.29) is 11.8 Å². The number of carbonyl (C=O) groups excluding carboxylic acids is 1. The number of aromatic nitrogens is 6. The van der Waals surface area contributed by atoms with Gasteiger partial charge in [0.05, 0.1) is 5.92 Å². The standard InChI is InChI=1S/C22H24N8O/c31-22(24-10-9-16-12-25-19-6-2-1-5-18(16)19)17-4-3-11-29(13-17)20-7-8-21(28-27-20)30-15-23-14-26-30/h1-2,5-8,12,14-15,17,25H,3-4,9-11,13H2,(H,24,31). The van der Waals surface area contributed by atoms with Gasteiger partial charge in [0.15, 0.2) is 11.6 Å². The molecule has 1 amide bonds. The molecule has 1 aliphatic rings. The maximum Gasteiger partial charge on any atom is 0.224 e. The molecule has 4 aromatic rings. The Kier molecular flexibility index (Phi) is 5.30. The Hall–Kier alpha value is -3.75. The third-order valence-corrected chi connectivity index (χ3v) is 5.77. The number of H-pyrrole nitrogens is 1. The van der Waals surface area contributed by atoms with Gasteiger partial charge >= 0.3 is 0 Å². The van der Waals surface area contributed by atoms with Crippen molar-refractivity contribution in [2.24, 2.45) is 5.92 Å². The van der Waals surface area contributed by atoms with Gasteiger partial charge in [0.2, 0.25) is 5.91 Å². The number of piperidine rings is 1. The number of benzene rings is 1. The second-order valence-corrected chi connectivity index (χ2v) is 7.78. The molecular formula is C22H24N8O. The van der Waals surface area contributed by atoms with E-state index in [1.54, 1.807) is 11.0 Å². The number of hydrogen-bond donors (Lipinski definition) is 2. The van der Waals surface area contributed by atoms with Gasteiger partial charge in [-0.25, -0.2) is 9.67 Å². The molecule has 1 fully saturated rings. The van der Waals surface area contributed by atoms with E-state index < -0.39 is 0 Å². The predicted molar refractivity (Wildman–Crippen MR) is 117 cm³/mol. The van der Waals surface area contributed by atoms with Gasteiger partial charge in [-0.05, 0) is 43.0 Å². The summed E-state index contributed by atoms with van der Waals surface area (Å²) >= 11 is 0. The van der Waals surface area contributed by atoms with Gasteiger partial charge in [-0.15, -0.1) is 10.2 Å². The molecule has 9 heteroatoms. The van der Waals surface area contributed by atoms with Crippen molar-refractivity contribution in [2.45, 2.75) is 19.3 Å². The lowest BCUT2D eigenvalue weighted by atomic mass is 9.97. The molecule has 1 aliphatic heterocycles. The highest BCUT2D eigenvalue weighted by Crippen LogP contribution is 2.22. The van der Waals surface area contributed by atoms with Crippen LogP contribution in [0, 0.1) is 5.92 Å².